The summed E-state index contributed by atoms with van der Waals surface area (Å²) >= 11 is 0. The SMILES string of the molecule is Cc1cccc(OC(C)C(=O)NCCn2nc(-n3nc(C)cc3C)ccc2=O)c1. The molecule has 1 N–H and O–H groups in total. The van der Waals surface area contributed by atoms with Crippen molar-refractivity contribution in [2.45, 2.75) is 40.3 Å². The number of hydrogen-bond donors (Lipinski definition) is 1. The minimum Gasteiger partial charge on any atom is -0.481 e. The van der Waals surface area contributed by atoms with Crippen molar-refractivity contribution in [3.63, 3.8) is 0 Å². The maximum Gasteiger partial charge on any atom is 0.266 e. The van der Waals surface area contributed by atoms with E-state index in [1.807, 2.05) is 51.1 Å². The number of hydrogen-bond acceptors (Lipinski definition) is 5. The molecule has 1 atom stereocenters. The van der Waals surface area contributed by atoms with Crippen molar-refractivity contribution in [1.29, 1.82) is 0 Å². The lowest BCUT2D eigenvalue weighted by atomic mass is 10.2. The van der Waals surface area contributed by atoms with E-state index in [0.717, 1.165) is 17.0 Å². The molecule has 3 aromatic rings. The molecule has 1 aromatic carbocycles. The van der Waals surface area contributed by atoms with E-state index in [-0.39, 0.29) is 24.6 Å². The quantitative estimate of drug-likeness (QED) is 0.660. The van der Waals surface area contributed by atoms with Gasteiger partial charge in [-0.15, -0.1) is 5.10 Å². The zero-order chi connectivity index (χ0) is 21.0. The zero-order valence-corrected chi connectivity index (χ0v) is 17.0. The highest BCUT2D eigenvalue weighted by Gasteiger charge is 2.14. The van der Waals surface area contributed by atoms with Crippen molar-refractivity contribution in [1.82, 2.24) is 24.9 Å². The normalized spacial score (nSPS) is 11.9. The largest absolute Gasteiger partial charge is 0.481 e. The first kappa shape index (κ1) is 20.3. The van der Waals surface area contributed by atoms with Crippen LogP contribution in [0, 0.1) is 20.8 Å². The van der Waals surface area contributed by atoms with Gasteiger partial charge in [0, 0.05) is 18.3 Å². The highest BCUT2D eigenvalue weighted by atomic mass is 16.5. The number of carbonyl (C=O) groups excluding carboxylic acids is 1. The third-order valence-electron chi connectivity index (χ3n) is 4.37. The lowest BCUT2D eigenvalue weighted by molar-refractivity contribution is -0.127. The molecule has 0 radical (unpaired) electrons. The number of benzene rings is 1. The highest BCUT2D eigenvalue weighted by molar-refractivity contribution is 5.80. The molecule has 0 aliphatic carbocycles. The predicted molar refractivity (Wildman–Crippen MR) is 109 cm³/mol. The molecule has 1 unspecified atom stereocenters. The van der Waals surface area contributed by atoms with E-state index in [1.165, 1.54) is 10.7 Å². The minimum atomic E-state index is -0.650. The molecular formula is C21H25N5O3. The van der Waals surface area contributed by atoms with Gasteiger partial charge in [-0.1, -0.05) is 12.1 Å². The fourth-order valence-electron chi connectivity index (χ4n) is 2.95. The molecule has 0 aliphatic heterocycles. The molecule has 3 rings (SSSR count). The first-order valence-corrected chi connectivity index (χ1v) is 9.46. The van der Waals surface area contributed by atoms with Crippen LogP contribution in [0.25, 0.3) is 5.82 Å². The van der Waals surface area contributed by atoms with Crippen molar-refractivity contribution >= 4 is 5.91 Å². The Hall–Kier alpha value is -3.42. The maximum absolute atomic E-state index is 12.3. The van der Waals surface area contributed by atoms with Crippen molar-refractivity contribution in [2.24, 2.45) is 0 Å². The third-order valence-corrected chi connectivity index (χ3v) is 4.37. The van der Waals surface area contributed by atoms with E-state index in [9.17, 15) is 9.59 Å². The summed E-state index contributed by atoms with van der Waals surface area (Å²) in [5, 5.41) is 11.5. The van der Waals surface area contributed by atoms with E-state index < -0.39 is 6.10 Å². The Labute approximate surface area is 169 Å². The van der Waals surface area contributed by atoms with Gasteiger partial charge in [-0.25, -0.2) is 9.36 Å². The summed E-state index contributed by atoms with van der Waals surface area (Å²) in [4.78, 5) is 24.4. The number of ether oxygens (including phenoxy) is 1. The number of aromatic nitrogens is 4. The van der Waals surface area contributed by atoms with Gasteiger partial charge in [0.25, 0.3) is 11.5 Å². The average molecular weight is 395 g/mol. The Morgan fingerprint density at radius 2 is 1.93 bits per heavy atom. The van der Waals surface area contributed by atoms with Crippen molar-refractivity contribution < 1.29 is 9.53 Å². The second-order valence-corrected chi connectivity index (χ2v) is 6.96. The highest BCUT2D eigenvalue weighted by Crippen LogP contribution is 2.14. The number of rotatable bonds is 7. The molecule has 1 amide bonds. The maximum atomic E-state index is 12.3. The summed E-state index contributed by atoms with van der Waals surface area (Å²) in [6.45, 7) is 7.97. The van der Waals surface area contributed by atoms with E-state index in [2.05, 4.69) is 15.5 Å². The number of nitrogens with one attached hydrogen (secondary N) is 1. The van der Waals surface area contributed by atoms with Crippen LogP contribution in [0.5, 0.6) is 5.75 Å². The Kier molecular flexibility index (Phi) is 6.11. The standard InChI is InChI=1S/C21H25N5O3/c1-14-6-5-7-18(12-14)29-17(4)21(28)22-10-11-25-20(27)9-8-19(24-25)26-16(3)13-15(2)23-26/h5-9,12-13,17H,10-11H2,1-4H3,(H,22,28). The number of carbonyl (C=O) groups is 1. The molecule has 0 saturated heterocycles. The molecule has 2 heterocycles. The van der Waals surface area contributed by atoms with E-state index in [0.29, 0.717) is 11.6 Å². The number of amides is 1. The van der Waals surface area contributed by atoms with Gasteiger partial charge in [0.15, 0.2) is 11.9 Å². The van der Waals surface area contributed by atoms with Crippen LogP contribution in [0.2, 0.25) is 0 Å². The van der Waals surface area contributed by atoms with Crippen LogP contribution in [0.1, 0.15) is 23.9 Å². The Morgan fingerprint density at radius 3 is 2.62 bits per heavy atom. The van der Waals surface area contributed by atoms with Gasteiger partial charge in [-0.2, -0.15) is 5.10 Å². The van der Waals surface area contributed by atoms with E-state index >= 15 is 0 Å². The van der Waals surface area contributed by atoms with E-state index in [1.54, 1.807) is 17.7 Å². The topological polar surface area (TPSA) is 91.0 Å². The molecule has 2 aromatic heterocycles. The van der Waals surface area contributed by atoms with Crippen LogP contribution >= 0.6 is 0 Å². The first-order chi connectivity index (χ1) is 13.8. The molecule has 0 aliphatic rings. The van der Waals surface area contributed by atoms with Crippen LogP contribution in [-0.4, -0.2) is 38.1 Å². The van der Waals surface area contributed by atoms with Gasteiger partial charge in [0.05, 0.1) is 12.2 Å². The fourth-order valence-corrected chi connectivity index (χ4v) is 2.95. The summed E-state index contributed by atoms with van der Waals surface area (Å²) < 4.78 is 8.67. The van der Waals surface area contributed by atoms with Crippen LogP contribution in [-0.2, 0) is 11.3 Å². The average Bonchev–Trinajstić information content (AvgIpc) is 3.01. The molecule has 0 spiro atoms. The minimum absolute atomic E-state index is 0.242. The first-order valence-electron chi connectivity index (χ1n) is 9.46. The monoisotopic (exact) mass is 395 g/mol. The summed E-state index contributed by atoms with van der Waals surface area (Å²) in [6.07, 6.45) is -0.650. The fraction of sp³-hybridized carbons (Fsp3) is 0.333. The molecule has 0 saturated carbocycles. The van der Waals surface area contributed by atoms with Gasteiger partial charge in [-0.05, 0) is 57.5 Å². The van der Waals surface area contributed by atoms with Gasteiger partial charge in [0.2, 0.25) is 0 Å². The summed E-state index contributed by atoms with van der Waals surface area (Å²) in [5.74, 6) is 0.940. The van der Waals surface area contributed by atoms with Gasteiger partial charge < -0.3 is 10.1 Å². The van der Waals surface area contributed by atoms with Crippen LogP contribution in [0.3, 0.4) is 0 Å². The molecule has 29 heavy (non-hydrogen) atoms. The van der Waals surface area contributed by atoms with Crippen molar-refractivity contribution in [2.75, 3.05) is 6.54 Å². The Bertz CT molecular complexity index is 1070. The predicted octanol–water partition coefficient (Wildman–Crippen LogP) is 1.94. The molecule has 152 valence electrons. The van der Waals surface area contributed by atoms with Crippen molar-refractivity contribution in [3.05, 3.63) is 69.8 Å². The van der Waals surface area contributed by atoms with E-state index in [4.69, 9.17) is 4.74 Å². The lowest BCUT2D eigenvalue weighted by Gasteiger charge is -2.15. The molecule has 8 heteroatoms. The number of nitrogens with zero attached hydrogens (tertiary/aromatic N) is 4. The smallest absolute Gasteiger partial charge is 0.266 e. The van der Waals surface area contributed by atoms with Gasteiger partial charge in [-0.3, -0.25) is 9.59 Å². The van der Waals surface area contributed by atoms with Crippen molar-refractivity contribution in [3.8, 4) is 11.6 Å². The third kappa shape index (κ3) is 5.10. The van der Waals surface area contributed by atoms with Gasteiger partial charge >= 0.3 is 0 Å². The second kappa shape index (κ2) is 8.72. The van der Waals surface area contributed by atoms with Crippen LogP contribution < -0.4 is 15.6 Å². The number of aryl methyl sites for hydroxylation is 3. The molecular weight excluding hydrogens is 370 g/mol. The summed E-state index contributed by atoms with van der Waals surface area (Å²) in [7, 11) is 0. The van der Waals surface area contributed by atoms with Crippen LogP contribution in [0.15, 0.2) is 47.3 Å². The van der Waals surface area contributed by atoms with Crippen LogP contribution in [0.4, 0.5) is 0 Å². The Morgan fingerprint density at radius 1 is 1.14 bits per heavy atom. The summed E-state index contributed by atoms with van der Waals surface area (Å²) in [6, 6.07) is 12.5. The molecule has 0 fully saturated rings. The Balaban J connectivity index is 1.59. The molecule has 0 bridgehead atoms. The lowest BCUT2D eigenvalue weighted by Crippen LogP contribution is -2.39. The summed E-state index contributed by atoms with van der Waals surface area (Å²) in [5.41, 5.74) is 2.61. The second-order valence-electron chi connectivity index (χ2n) is 6.96. The zero-order valence-electron chi connectivity index (χ0n) is 17.0. The molecule has 8 nitrogen and oxygen atoms in total. The van der Waals surface area contributed by atoms with Gasteiger partial charge in [0.1, 0.15) is 5.75 Å².